The Balaban J connectivity index is 2.56. The van der Waals surface area contributed by atoms with E-state index in [4.69, 9.17) is 4.74 Å². The number of rotatable bonds is 6. The Kier molecular flexibility index (Phi) is 6.69. The lowest BCUT2D eigenvalue weighted by Gasteiger charge is -2.36. The summed E-state index contributed by atoms with van der Waals surface area (Å²) in [6.45, 7) is 9.07. The molecule has 0 amide bonds. The molecule has 4 atom stereocenters. The van der Waals surface area contributed by atoms with Crippen molar-refractivity contribution in [3.8, 4) is 0 Å². The van der Waals surface area contributed by atoms with Crippen LogP contribution >= 0.6 is 0 Å². The largest absolute Gasteiger partial charge is 0.465 e. The zero-order valence-electron chi connectivity index (χ0n) is 12.4. The number of carbonyl (C=O) groups excluding carboxylic acids is 1. The van der Waals surface area contributed by atoms with Gasteiger partial charge in [0.2, 0.25) is 0 Å². The molecule has 0 aromatic carbocycles. The van der Waals surface area contributed by atoms with Crippen LogP contribution in [0.15, 0.2) is 0 Å². The van der Waals surface area contributed by atoms with Crippen molar-refractivity contribution >= 4 is 5.97 Å². The number of hydrogen-bond donors (Lipinski definition) is 1. The fourth-order valence-corrected chi connectivity index (χ4v) is 2.88. The molecular weight excluding hydrogens is 226 g/mol. The fraction of sp³-hybridized carbons (Fsp3) is 0.933. The smallest absolute Gasteiger partial charge is 0.323 e. The minimum absolute atomic E-state index is 0.0789. The first kappa shape index (κ1) is 15.5. The second kappa shape index (κ2) is 7.78. The monoisotopic (exact) mass is 255 g/mol. The van der Waals surface area contributed by atoms with Gasteiger partial charge in [0.15, 0.2) is 0 Å². The van der Waals surface area contributed by atoms with Gasteiger partial charge in [0.25, 0.3) is 0 Å². The van der Waals surface area contributed by atoms with Crippen LogP contribution in [0, 0.1) is 11.8 Å². The van der Waals surface area contributed by atoms with Crippen molar-refractivity contribution in [1.82, 2.24) is 5.32 Å². The second-order valence-corrected chi connectivity index (χ2v) is 5.63. The van der Waals surface area contributed by atoms with Crippen molar-refractivity contribution in [3.63, 3.8) is 0 Å². The van der Waals surface area contributed by atoms with E-state index in [1.807, 2.05) is 6.92 Å². The second-order valence-electron chi connectivity index (χ2n) is 5.63. The average Bonchev–Trinajstić information content (AvgIpc) is 2.34. The summed E-state index contributed by atoms with van der Waals surface area (Å²) in [5, 5.41) is 3.55. The molecular formula is C15H29NO2. The predicted molar refractivity (Wildman–Crippen MR) is 74.4 cm³/mol. The van der Waals surface area contributed by atoms with E-state index in [1.165, 1.54) is 19.3 Å². The van der Waals surface area contributed by atoms with Gasteiger partial charge in [0.05, 0.1) is 6.61 Å². The Morgan fingerprint density at radius 2 is 2.06 bits per heavy atom. The number of carbonyl (C=O) groups is 1. The lowest BCUT2D eigenvalue weighted by atomic mass is 9.77. The standard InChI is InChI=1S/C15H29NO2/c1-5-8-14(15(17)18-6-2)16-13-10-7-9-11(3)12(13)4/h11-14,16H,5-10H2,1-4H3. The average molecular weight is 255 g/mol. The van der Waals surface area contributed by atoms with Gasteiger partial charge in [-0.25, -0.2) is 0 Å². The zero-order chi connectivity index (χ0) is 13.5. The third kappa shape index (κ3) is 4.27. The summed E-state index contributed by atoms with van der Waals surface area (Å²) in [7, 11) is 0. The molecule has 1 aliphatic rings. The Hall–Kier alpha value is -0.570. The molecule has 1 N–H and O–H groups in total. The van der Waals surface area contributed by atoms with Crippen molar-refractivity contribution in [3.05, 3.63) is 0 Å². The molecule has 0 radical (unpaired) electrons. The summed E-state index contributed by atoms with van der Waals surface area (Å²) in [5.41, 5.74) is 0. The first-order valence-electron chi connectivity index (χ1n) is 7.52. The van der Waals surface area contributed by atoms with Gasteiger partial charge in [-0.15, -0.1) is 0 Å². The van der Waals surface area contributed by atoms with Gasteiger partial charge in [0, 0.05) is 6.04 Å². The van der Waals surface area contributed by atoms with Gasteiger partial charge in [-0.3, -0.25) is 4.79 Å². The molecule has 0 aromatic rings. The first-order valence-corrected chi connectivity index (χ1v) is 7.52. The van der Waals surface area contributed by atoms with Gasteiger partial charge in [0.1, 0.15) is 6.04 Å². The molecule has 0 heterocycles. The van der Waals surface area contributed by atoms with Gasteiger partial charge in [-0.2, -0.15) is 0 Å². The van der Waals surface area contributed by atoms with Crippen LogP contribution < -0.4 is 5.32 Å². The van der Waals surface area contributed by atoms with Crippen LogP contribution in [-0.2, 0) is 9.53 Å². The lowest BCUT2D eigenvalue weighted by Crippen LogP contribution is -2.49. The van der Waals surface area contributed by atoms with E-state index < -0.39 is 0 Å². The van der Waals surface area contributed by atoms with Gasteiger partial charge >= 0.3 is 5.97 Å². The third-order valence-corrected chi connectivity index (χ3v) is 4.27. The molecule has 0 spiro atoms. The number of nitrogens with one attached hydrogen (secondary N) is 1. The summed E-state index contributed by atoms with van der Waals surface area (Å²) in [4.78, 5) is 11.9. The first-order chi connectivity index (χ1) is 8.60. The van der Waals surface area contributed by atoms with E-state index >= 15 is 0 Å². The molecule has 0 aliphatic heterocycles. The highest BCUT2D eigenvalue weighted by atomic mass is 16.5. The van der Waals surface area contributed by atoms with Crippen molar-refractivity contribution in [1.29, 1.82) is 0 Å². The Bertz CT molecular complexity index is 255. The van der Waals surface area contributed by atoms with E-state index in [0.29, 0.717) is 18.6 Å². The van der Waals surface area contributed by atoms with Crippen LogP contribution in [-0.4, -0.2) is 24.7 Å². The Labute approximate surface area is 112 Å². The molecule has 1 fully saturated rings. The molecule has 0 bridgehead atoms. The third-order valence-electron chi connectivity index (χ3n) is 4.27. The van der Waals surface area contributed by atoms with Crippen LogP contribution in [0.5, 0.6) is 0 Å². The molecule has 1 rings (SSSR count). The number of hydrogen-bond acceptors (Lipinski definition) is 3. The predicted octanol–water partition coefficient (Wildman–Crippen LogP) is 3.13. The van der Waals surface area contributed by atoms with Crippen LogP contribution in [0.1, 0.15) is 59.8 Å². The summed E-state index contributed by atoms with van der Waals surface area (Å²) in [6.07, 6.45) is 5.65. The molecule has 0 saturated heterocycles. The highest BCUT2D eigenvalue weighted by Gasteiger charge is 2.30. The van der Waals surface area contributed by atoms with Crippen LogP contribution in [0.4, 0.5) is 0 Å². The molecule has 4 unspecified atom stereocenters. The minimum Gasteiger partial charge on any atom is -0.465 e. The lowest BCUT2D eigenvalue weighted by molar-refractivity contribution is -0.146. The maximum atomic E-state index is 11.9. The normalized spacial score (nSPS) is 29.9. The van der Waals surface area contributed by atoms with E-state index in [2.05, 4.69) is 26.1 Å². The fourth-order valence-electron chi connectivity index (χ4n) is 2.88. The van der Waals surface area contributed by atoms with Crippen molar-refractivity contribution < 1.29 is 9.53 Å². The molecule has 0 aromatic heterocycles. The topological polar surface area (TPSA) is 38.3 Å². The van der Waals surface area contributed by atoms with E-state index in [0.717, 1.165) is 18.8 Å². The minimum atomic E-state index is -0.118. The molecule has 18 heavy (non-hydrogen) atoms. The molecule has 1 saturated carbocycles. The van der Waals surface area contributed by atoms with Crippen molar-refractivity contribution in [2.24, 2.45) is 11.8 Å². The van der Waals surface area contributed by atoms with Crippen molar-refractivity contribution in [2.75, 3.05) is 6.61 Å². The highest BCUT2D eigenvalue weighted by Crippen LogP contribution is 2.30. The van der Waals surface area contributed by atoms with E-state index in [9.17, 15) is 4.79 Å². The van der Waals surface area contributed by atoms with Crippen LogP contribution in [0.25, 0.3) is 0 Å². The SMILES string of the molecule is CCCC(NC1CCCC(C)C1C)C(=O)OCC. The Morgan fingerprint density at radius 1 is 1.33 bits per heavy atom. The zero-order valence-corrected chi connectivity index (χ0v) is 12.4. The summed E-state index contributed by atoms with van der Waals surface area (Å²) in [5.74, 6) is 1.32. The van der Waals surface area contributed by atoms with Crippen LogP contribution in [0.3, 0.4) is 0 Å². The van der Waals surface area contributed by atoms with E-state index in [1.54, 1.807) is 0 Å². The molecule has 3 heteroatoms. The summed E-state index contributed by atoms with van der Waals surface area (Å²) in [6, 6.07) is 0.349. The summed E-state index contributed by atoms with van der Waals surface area (Å²) < 4.78 is 5.16. The van der Waals surface area contributed by atoms with E-state index in [-0.39, 0.29) is 12.0 Å². The highest BCUT2D eigenvalue weighted by molar-refractivity contribution is 5.75. The maximum Gasteiger partial charge on any atom is 0.323 e. The molecule has 3 nitrogen and oxygen atoms in total. The number of ether oxygens (including phenoxy) is 1. The van der Waals surface area contributed by atoms with Gasteiger partial charge < -0.3 is 10.1 Å². The molecule has 1 aliphatic carbocycles. The van der Waals surface area contributed by atoms with Crippen molar-refractivity contribution in [2.45, 2.75) is 71.9 Å². The van der Waals surface area contributed by atoms with Gasteiger partial charge in [-0.1, -0.05) is 40.0 Å². The number of esters is 1. The quantitative estimate of drug-likeness (QED) is 0.741. The van der Waals surface area contributed by atoms with Crippen LogP contribution in [0.2, 0.25) is 0 Å². The van der Waals surface area contributed by atoms with Gasteiger partial charge in [-0.05, 0) is 31.6 Å². The maximum absolute atomic E-state index is 11.9. The molecule has 106 valence electrons. The Morgan fingerprint density at radius 3 is 2.67 bits per heavy atom. The summed E-state index contributed by atoms with van der Waals surface area (Å²) >= 11 is 0.